The molecule has 0 aromatic carbocycles. The summed E-state index contributed by atoms with van der Waals surface area (Å²) >= 11 is 0. The van der Waals surface area contributed by atoms with Gasteiger partial charge in [0.25, 0.3) is 0 Å². The second-order valence-electron chi connectivity index (χ2n) is 4.87. The molecule has 0 saturated carbocycles. The maximum Gasteiger partial charge on any atom is 0.416 e. The van der Waals surface area contributed by atoms with Gasteiger partial charge in [0.1, 0.15) is 5.82 Å². The number of alkyl halides is 3. The molecule has 0 amide bonds. The van der Waals surface area contributed by atoms with E-state index in [2.05, 4.69) is 17.2 Å². The molecule has 1 rings (SSSR count). The summed E-state index contributed by atoms with van der Waals surface area (Å²) in [6, 6.07) is 1.95. The van der Waals surface area contributed by atoms with Crippen LogP contribution in [0.15, 0.2) is 12.1 Å². The van der Waals surface area contributed by atoms with Crippen LogP contribution in [0.2, 0.25) is 0 Å². The minimum atomic E-state index is -4.40. The van der Waals surface area contributed by atoms with Crippen molar-refractivity contribution in [3.8, 4) is 5.88 Å². The number of nitrogens with zero attached hydrogens (tertiary/aromatic N) is 1. The topological polar surface area (TPSA) is 34.1 Å². The van der Waals surface area contributed by atoms with Gasteiger partial charge in [0.05, 0.1) is 12.2 Å². The van der Waals surface area contributed by atoms with Crippen LogP contribution < -0.4 is 10.1 Å². The summed E-state index contributed by atoms with van der Waals surface area (Å²) in [5, 5.41) is 2.79. The summed E-state index contributed by atoms with van der Waals surface area (Å²) in [6.45, 7) is 4.83. The van der Waals surface area contributed by atoms with Gasteiger partial charge in [-0.05, 0) is 19.4 Å². The van der Waals surface area contributed by atoms with E-state index in [1.165, 1.54) is 6.42 Å². The van der Waals surface area contributed by atoms with Crippen molar-refractivity contribution < 1.29 is 17.9 Å². The molecule has 0 saturated heterocycles. The predicted molar refractivity (Wildman–Crippen MR) is 77.7 cm³/mol. The van der Waals surface area contributed by atoms with E-state index < -0.39 is 11.7 Å². The third-order valence-corrected chi connectivity index (χ3v) is 2.98. The Morgan fingerprint density at radius 1 is 1.10 bits per heavy atom. The Bertz CT molecular complexity index is 422. The van der Waals surface area contributed by atoms with Crippen molar-refractivity contribution in [3.05, 3.63) is 17.7 Å². The van der Waals surface area contributed by atoms with Gasteiger partial charge < -0.3 is 10.1 Å². The summed E-state index contributed by atoms with van der Waals surface area (Å²) in [7, 11) is 0. The van der Waals surface area contributed by atoms with Crippen molar-refractivity contribution in [1.29, 1.82) is 0 Å². The van der Waals surface area contributed by atoms with Crippen LogP contribution >= 0.6 is 0 Å². The zero-order valence-corrected chi connectivity index (χ0v) is 12.6. The van der Waals surface area contributed by atoms with Crippen molar-refractivity contribution in [1.82, 2.24) is 4.98 Å². The molecule has 6 heteroatoms. The maximum atomic E-state index is 12.8. The Labute approximate surface area is 123 Å². The highest BCUT2D eigenvalue weighted by Gasteiger charge is 2.31. The average Bonchev–Trinajstić information content (AvgIpc) is 2.42. The highest BCUT2D eigenvalue weighted by molar-refractivity contribution is 5.42. The molecular formula is C15H23F3N2O. The molecule has 0 atom stereocenters. The lowest BCUT2D eigenvalue weighted by atomic mass is 10.2. The number of pyridine rings is 1. The first-order valence-electron chi connectivity index (χ1n) is 7.43. The summed E-state index contributed by atoms with van der Waals surface area (Å²) in [4.78, 5) is 4.04. The van der Waals surface area contributed by atoms with Gasteiger partial charge >= 0.3 is 6.18 Å². The van der Waals surface area contributed by atoms with Crippen molar-refractivity contribution in [2.24, 2.45) is 0 Å². The first kappa shape index (κ1) is 17.6. The molecule has 1 aromatic heterocycles. The quantitative estimate of drug-likeness (QED) is 0.660. The standard InChI is InChI=1S/C15H23F3N2O/c1-3-5-6-7-8-9-21-14-11-12(15(16,17)18)10-13(20-14)19-4-2/h10-11H,3-9H2,1-2H3,(H,19,20). The van der Waals surface area contributed by atoms with Gasteiger partial charge in [-0.15, -0.1) is 0 Å². The predicted octanol–water partition coefficient (Wildman–Crippen LogP) is 4.88. The molecule has 0 spiro atoms. The molecule has 0 aliphatic carbocycles. The molecule has 0 aliphatic rings. The molecule has 1 N–H and O–H groups in total. The summed E-state index contributed by atoms with van der Waals surface area (Å²) in [5.41, 5.74) is -0.741. The lowest BCUT2D eigenvalue weighted by molar-refractivity contribution is -0.137. The number of rotatable bonds is 9. The number of halogens is 3. The van der Waals surface area contributed by atoms with E-state index in [9.17, 15) is 13.2 Å². The Kier molecular flexibility index (Phi) is 7.32. The number of anilines is 1. The number of hydrogen-bond acceptors (Lipinski definition) is 3. The van der Waals surface area contributed by atoms with E-state index in [-0.39, 0.29) is 11.7 Å². The van der Waals surface area contributed by atoms with Crippen LogP contribution in [-0.4, -0.2) is 18.1 Å². The third-order valence-electron chi connectivity index (χ3n) is 2.98. The number of nitrogens with one attached hydrogen (secondary N) is 1. The van der Waals surface area contributed by atoms with Crippen molar-refractivity contribution in [2.75, 3.05) is 18.5 Å². The van der Waals surface area contributed by atoms with Gasteiger partial charge in [-0.1, -0.05) is 32.6 Å². The molecule has 120 valence electrons. The summed E-state index contributed by atoms with van der Waals surface area (Å²) < 4.78 is 43.8. The van der Waals surface area contributed by atoms with Crippen LogP contribution in [0, 0.1) is 0 Å². The van der Waals surface area contributed by atoms with E-state index in [4.69, 9.17) is 4.74 Å². The van der Waals surface area contributed by atoms with Gasteiger partial charge in [-0.2, -0.15) is 18.2 Å². The van der Waals surface area contributed by atoms with Gasteiger partial charge in [-0.3, -0.25) is 0 Å². The highest BCUT2D eigenvalue weighted by atomic mass is 19.4. The fourth-order valence-electron chi connectivity index (χ4n) is 1.90. The molecule has 0 fully saturated rings. The van der Waals surface area contributed by atoms with Crippen molar-refractivity contribution in [3.63, 3.8) is 0 Å². The molecule has 1 heterocycles. The smallest absolute Gasteiger partial charge is 0.416 e. The number of aromatic nitrogens is 1. The van der Waals surface area contributed by atoms with Crippen molar-refractivity contribution >= 4 is 5.82 Å². The van der Waals surface area contributed by atoms with Crippen LogP contribution in [0.5, 0.6) is 5.88 Å². The molecule has 1 aromatic rings. The van der Waals surface area contributed by atoms with Crippen LogP contribution in [0.25, 0.3) is 0 Å². The Morgan fingerprint density at radius 2 is 1.81 bits per heavy atom. The van der Waals surface area contributed by atoms with E-state index >= 15 is 0 Å². The SMILES string of the molecule is CCCCCCCOc1cc(C(F)(F)F)cc(NCC)n1. The molecule has 0 aliphatic heterocycles. The second kappa shape index (κ2) is 8.74. The Balaban J connectivity index is 2.61. The van der Waals surface area contributed by atoms with Crippen molar-refractivity contribution in [2.45, 2.75) is 52.1 Å². The lowest BCUT2D eigenvalue weighted by Crippen LogP contribution is -2.10. The molecule has 0 bridgehead atoms. The largest absolute Gasteiger partial charge is 0.478 e. The molecule has 0 unspecified atom stereocenters. The lowest BCUT2D eigenvalue weighted by Gasteiger charge is -2.12. The van der Waals surface area contributed by atoms with E-state index in [0.29, 0.717) is 13.2 Å². The molecule has 0 radical (unpaired) electrons. The minimum absolute atomic E-state index is 0.0243. The van der Waals surface area contributed by atoms with Gasteiger partial charge in [0.2, 0.25) is 5.88 Å². The average molecular weight is 304 g/mol. The second-order valence-corrected chi connectivity index (χ2v) is 4.87. The molecule has 3 nitrogen and oxygen atoms in total. The van der Waals surface area contributed by atoms with Crippen LogP contribution in [0.3, 0.4) is 0 Å². The zero-order chi connectivity index (χ0) is 15.7. The molecular weight excluding hydrogens is 281 g/mol. The van der Waals surface area contributed by atoms with Crippen LogP contribution in [-0.2, 0) is 6.18 Å². The van der Waals surface area contributed by atoms with Gasteiger partial charge in [0.15, 0.2) is 0 Å². The number of ether oxygens (including phenoxy) is 1. The summed E-state index contributed by atoms with van der Waals surface area (Å²) in [5.74, 6) is 0.213. The van der Waals surface area contributed by atoms with E-state index in [1.54, 1.807) is 6.92 Å². The first-order valence-corrected chi connectivity index (χ1v) is 7.43. The van der Waals surface area contributed by atoms with Gasteiger partial charge in [-0.25, -0.2) is 0 Å². The van der Waals surface area contributed by atoms with E-state index in [0.717, 1.165) is 37.8 Å². The zero-order valence-electron chi connectivity index (χ0n) is 12.6. The Hall–Kier alpha value is -1.46. The van der Waals surface area contributed by atoms with E-state index in [1.807, 2.05) is 0 Å². The number of unbranched alkanes of at least 4 members (excludes halogenated alkanes) is 4. The number of hydrogen-bond donors (Lipinski definition) is 1. The third kappa shape index (κ3) is 6.69. The first-order chi connectivity index (χ1) is 9.97. The fraction of sp³-hybridized carbons (Fsp3) is 0.667. The monoisotopic (exact) mass is 304 g/mol. The normalized spacial score (nSPS) is 11.5. The minimum Gasteiger partial charge on any atom is -0.478 e. The maximum absolute atomic E-state index is 12.8. The summed E-state index contributed by atoms with van der Waals surface area (Å²) in [6.07, 6.45) is 0.903. The van der Waals surface area contributed by atoms with Crippen LogP contribution in [0.4, 0.5) is 19.0 Å². The highest BCUT2D eigenvalue weighted by Crippen LogP contribution is 2.32. The Morgan fingerprint density at radius 3 is 2.43 bits per heavy atom. The van der Waals surface area contributed by atoms with Crippen LogP contribution in [0.1, 0.15) is 51.5 Å². The van der Waals surface area contributed by atoms with Gasteiger partial charge in [0, 0.05) is 12.6 Å². The fourth-order valence-corrected chi connectivity index (χ4v) is 1.90. The molecule has 21 heavy (non-hydrogen) atoms.